The fourth-order valence-electron chi connectivity index (χ4n) is 5.51. The minimum absolute atomic E-state index is 0.0113. The number of hydrogen-bond donors (Lipinski definition) is 3. The second kappa shape index (κ2) is 11.0. The maximum Gasteiger partial charge on any atom is 0.417 e. The summed E-state index contributed by atoms with van der Waals surface area (Å²) in [7, 11) is 0. The van der Waals surface area contributed by atoms with E-state index in [1.54, 1.807) is 15.9 Å². The van der Waals surface area contributed by atoms with Crippen molar-refractivity contribution >= 4 is 45.7 Å². The van der Waals surface area contributed by atoms with E-state index >= 15 is 0 Å². The van der Waals surface area contributed by atoms with Gasteiger partial charge in [0, 0.05) is 29.7 Å². The lowest BCUT2D eigenvalue weighted by Crippen LogP contribution is -2.53. The van der Waals surface area contributed by atoms with Crippen molar-refractivity contribution in [3.8, 4) is 0 Å². The summed E-state index contributed by atoms with van der Waals surface area (Å²) < 4.78 is 54.2. The van der Waals surface area contributed by atoms with Crippen LogP contribution in [0.1, 0.15) is 42.8 Å². The Kier molecular flexibility index (Phi) is 7.97. The third-order valence-electron chi connectivity index (χ3n) is 7.87. The number of aromatic amines is 1. The van der Waals surface area contributed by atoms with Crippen molar-refractivity contribution in [1.82, 2.24) is 19.8 Å². The zero-order valence-corrected chi connectivity index (χ0v) is 23.4. The van der Waals surface area contributed by atoms with E-state index in [-0.39, 0.29) is 60.5 Å². The van der Waals surface area contributed by atoms with Crippen LogP contribution in [-0.4, -0.2) is 68.7 Å². The Labute approximate surface area is 242 Å². The first-order valence-corrected chi connectivity index (χ1v) is 13.8. The van der Waals surface area contributed by atoms with Gasteiger partial charge in [0.25, 0.3) is 5.56 Å². The van der Waals surface area contributed by atoms with Crippen LogP contribution in [0.3, 0.4) is 0 Å². The van der Waals surface area contributed by atoms with E-state index in [1.165, 1.54) is 6.07 Å². The van der Waals surface area contributed by atoms with Gasteiger partial charge in [0.2, 0.25) is 5.91 Å². The average Bonchev–Trinajstić information content (AvgIpc) is 2.88. The number of nitrogens with zero attached hydrogens (tertiary/aromatic N) is 3. The van der Waals surface area contributed by atoms with Crippen molar-refractivity contribution in [1.29, 1.82) is 0 Å². The molecule has 1 atom stereocenters. The summed E-state index contributed by atoms with van der Waals surface area (Å²) in [5.74, 6) is -0.842. The molecule has 5 rings (SSSR count). The third kappa shape index (κ3) is 5.88. The maximum absolute atomic E-state index is 14.9. The van der Waals surface area contributed by atoms with Gasteiger partial charge in [0.15, 0.2) is 5.60 Å². The first-order chi connectivity index (χ1) is 19.3. The molecule has 1 amide bonds. The predicted octanol–water partition coefficient (Wildman–Crippen LogP) is 4.82. The molecule has 3 aromatic rings. The number of aromatic nitrogens is 2. The van der Waals surface area contributed by atoms with Crippen molar-refractivity contribution < 1.29 is 27.5 Å². The van der Waals surface area contributed by atoms with Crippen LogP contribution in [0, 0.1) is 5.82 Å². The summed E-state index contributed by atoms with van der Waals surface area (Å²) in [6.45, 7) is 2.01. The van der Waals surface area contributed by atoms with Crippen molar-refractivity contribution in [3.05, 3.63) is 67.4 Å². The maximum atomic E-state index is 14.9. The standard InChI is InChI=1S/C27H27Cl2F4N5O3/c1-14-24-15(8-16(28)9-18(24)29)2-5-38(14)23(39)12-34-21-11-20-17(10-19(21)30)25(40)36-22(35-20)13-37-6-3-26(41,4-7-37)27(31,32)33/h8-11,14,34,41H,2-7,12-13H2,1H3,(H,35,36,40). The van der Waals surface area contributed by atoms with Crippen LogP contribution in [0.15, 0.2) is 29.1 Å². The van der Waals surface area contributed by atoms with E-state index < -0.39 is 36.0 Å². The summed E-state index contributed by atoms with van der Waals surface area (Å²) in [6, 6.07) is 5.49. The molecule has 41 heavy (non-hydrogen) atoms. The van der Waals surface area contributed by atoms with Crippen molar-refractivity contribution in [2.24, 2.45) is 0 Å². The minimum Gasteiger partial charge on any atom is -0.380 e. The number of carbonyl (C=O) groups excluding carboxylic acids is 1. The number of rotatable bonds is 5. The Bertz CT molecular complexity index is 1560. The van der Waals surface area contributed by atoms with E-state index in [2.05, 4.69) is 15.3 Å². The lowest BCUT2D eigenvalue weighted by Gasteiger charge is -2.38. The number of anilines is 1. The third-order valence-corrected chi connectivity index (χ3v) is 8.40. The molecule has 2 aliphatic rings. The van der Waals surface area contributed by atoms with E-state index in [4.69, 9.17) is 23.2 Å². The summed E-state index contributed by atoms with van der Waals surface area (Å²) in [5.41, 5.74) is -1.42. The fourth-order valence-corrected chi connectivity index (χ4v) is 6.20. The normalized spacial score (nSPS) is 19.3. The largest absolute Gasteiger partial charge is 0.417 e. The first kappa shape index (κ1) is 29.6. The number of halogens is 6. The highest BCUT2D eigenvalue weighted by atomic mass is 35.5. The Balaban J connectivity index is 1.28. The van der Waals surface area contributed by atoms with Crippen LogP contribution in [0.2, 0.25) is 10.0 Å². The molecule has 1 unspecified atom stereocenters. The smallest absolute Gasteiger partial charge is 0.380 e. The Hall–Kier alpha value is -2.93. The number of fused-ring (bicyclic) bond motifs is 2. The van der Waals surface area contributed by atoms with Crippen LogP contribution in [0.5, 0.6) is 0 Å². The van der Waals surface area contributed by atoms with E-state index in [9.17, 15) is 32.3 Å². The molecule has 220 valence electrons. The van der Waals surface area contributed by atoms with Crippen LogP contribution >= 0.6 is 23.2 Å². The average molecular weight is 616 g/mol. The number of nitrogens with one attached hydrogen (secondary N) is 2. The molecule has 0 saturated carbocycles. The van der Waals surface area contributed by atoms with Gasteiger partial charge in [0.05, 0.1) is 35.7 Å². The van der Waals surface area contributed by atoms with Gasteiger partial charge in [-0.2, -0.15) is 13.2 Å². The highest BCUT2D eigenvalue weighted by Crippen LogP contribution is 2.39. The Morgan fingerprint density at radius 2 is 1.90 bits per heavy atom. The van der Waals surface area contributed by atoms with Gasteiger partial charge in [-0.25, -0.2) is 9.37 Å². The highest BCUT2D eigenvalue weighted by molar-refractivity contribution is 6.35. The van der Waals surface area contributed by atoms with Gasteiger partial charge in [-0.15, -0.1) is 0 Å². The molecular formula is C27H27Cl2F4N5O3. The SMILES string of the molecule is CC1c2c(Cl)cc(Cl)cc2CCN1C(=O)CNc1cc2nc(CN3CCC(O)(C(F)(F)F)CC3)[nH]c(=O)c2cc1F. The van der Waals surface area contributed by atoms with Crippen molar-refractivity contribution in [3.63, 3.8) is 0 Å². The van der Waals surface area contributed by atoms with Gasteiger partial charge >= 0.3 is 6.18 Å². The second-order valence-corrected chi connectivity index (χ2v) is 11.3. The number of aliphatic hydroxyl groups is 1. The van der Waals surface area contributed by atoms with Crippen LogP contribution in [-0.2, 0) is 17.8 Å². The molecule has 0 radical (unpaired) electrons. The minimum atomic E-state index is -4.72. The predicted molar refractivity (Wildman–Crippen MR) is 147 cm³/mol. The molecule has 3 N–H and O–H groups in total. The molecular weight excluding hydrogens is 589 g/mol. The summed E-state index contributed by atoms with van der Waals surface area (Å²) in [4.78, 5) is 35.9. The molecule has 0 spiro atoms. The number of likely N-dealkylation sites (tertiary alicyclic amines) is 1. The van der Waals surface area contributed by atoms with Gasteiger partial charge in [0.1, 0.15) is 11.6 Å². The van der Waals surface area contributed by atoms with Gasteiger partial charge in [-0.05, 0) is 61.6 Å². The molecule has 3 heterocycles. The first-order valence-electron chi connectivity index (χ1n) is 13.0. The van der Waals surface area contributed by atoms with Crippen molar-refractivity contribution in [2.45, 2.75) is 50.6 Å². The number of H-pyrrole nitrogens is 1. The monoisotopic (exact) mass is 615 g/mol. The Morgan fingerprint density at radius 3 is 2.59 bits per heavy atom. The van der Waals surface area contributed by atoms with E-state index in [0.29, 0.717) is 23.0 Å². The lowest BCUT2D eigenvalue weighted by atomic mass is 9.91. The number of amides is 1. The number of benzene rings is 2. The van der Waals surface area contributed by atoms with Gasteiger partial charge in [-0.1, -0.05) is 23.2 Å². The van der Waals surface area contributed by atoms with Gasteiger partial charge < -0.3 is 20.3 Å². The zero-order valence-electron chi connectivity index (χ0n) is 21.9. The lowest BCUT2D eigenvalue weighted by molar-refractivity contribution is -0.272. The highest BCUT2D eigenvalue weighted by Gasteiger charge is 2.54. The van der Waals surface area contributed by atoms with Gasteiger partial charge in [-0.3, -0.25) is 14.5 Å². The number of hydrogen-bond acceptors (Lipinski definition) is 6. The fraction of sp³-hybridized carbons (Fsp3) is 0.444. The van der Waals surface area contributed by atoms with Crippen LogP contribution in [0.25, 0.3) is 10.9 Å². The summed E-state index contributed by atoms with van der Waals surface area (Å²) >= 11 is 12.5. The Morgan fingerprint density at radius 1 is 1.20 bits per heavy atom. The number of carbonyl (C=O) groups is 1. The van der Waals surface area contributed by atoms with Crippen LogP contribution in [0.4, 0.5) is 23.2 Å². The second-order valence-electron chi connectivity index (χ2n) is 10.5. The summed E-state index contributed by atoms with van der Waals surface area (Å²) in [5, 5.41) is 13.7. The quantitative estimate of drug-likeness (QED) is 0.356. The van der Waals surface area contributed by atoms with Crippen LogP contribution < -0.4 is 10.9 Å². The molecule has 1 aromatic heterocycles. The van der Waals surface area contributed by atoms with E-state index in [1.807, 2.05) is 13.0 Å². The molecule has 1 saturated heterocycles. The zero-order chi connectivity index (χ0) is 29.7. The molecule has 14 heteroatoms. The molecule has 0 aliphatic carbocycles. The molecule has 0 bridgehead atoms. The van der Waals surface area contributed by atoms with Crippen molar-refractivity contribution in [2.75, 3.05) is 31.5 Å². The molecule has 2 aromatic carbocycles. The van der Waals surface area contributed by atoms with E-state index in [0.717, 1.165) is 17.2 Å². The topological polar surface area (TPSA) is 102 Å². The molecule has 1 fully saturated rings. The molecule has 8 nitrogen and oxygen atoms in total. The number of alkyl halides is 3. The number of piperidine rings is 1. The summed E-state index contributed by atoms with van der Waals surface area (Å²) in [6.07, 6.45) is -5.15. The molecule has 2 aliphatic heterocycles.